The molecule has 0 aliphatic carbocycles. The SMILES string of the molecule is COc1ccc(C=O)cc1COc1ccc(C=O)cc1. The summed E-state index contributed by atoms with van der Waals surface area (Å²) in [5.74, 6) is 1.31. The predicted octanol–water partition coefficient (Wildman–Crippen LogP) is 2.90. The van der Waals surface area contributed by atoms with Crippen molar-refractivity contribution in [3.63, 3.8) is 0 Å². The van der Waals surface area contributed by atoms with E-state index >= 15 is 0 Å². The summed E-state index contributed by atoms with van der Waals surface area (Å²) >= 11 is 0. The fraction of sp³-hybridized carbons (Fsp3) is 0.125. The Bertz CT molecular complexity index is 602. The molecule has 0 spiro atoms. The zero-order valence-corrected chi connectivity index (χ0v) is 11.0. The van der Waals surface area contributed by atoms with Gasteiger partial charge in [0.05, 0.1) is 7.11 Å². The third-order valence-corrected chi connectivity index (χ3v) is 2.85. The third kappa shape index (κ3) is 3.23. The maximum absolute atomic E-state index is 10.8. The Hall–Kier alpha value is -2.62. The van der Waals surface area contributed by atoms with Crippen LogP contribution in [-0.2, 0) is 6.61 Å². The minimum atomic E-state index is 0.283. The van der Waals surface area contributed by atoms with E-state index in [1.54, 1.807) is 49.6 Å². The number of aldehydes is 2. The van der Waals surface area contributed by atoms with Crippen LogP contribution in [0.15, 0.2) is 42.5 Å². The van der Waals surface area contributed by atoms with Crippen molar-refractivity contribution < 1.29 is 19.1 Å². The van der Waals surface area contributed by atoms with Crippen molar-refractivity contribution in [2.75, 3.05) is 7.11 Å². The summed E-state index contributed by atoms with van der Waals surface area (Å²) in [5.41, 5.74) is 1.95. The van der Waals surface area contributed by atoms with E-state index in [1.165, 1.54) is 0 Å². The number of carbonyl (C=O) groups excluding carboxylic acids is 2. The van der Waals surface area contributed by atoms with Crippen LogP contribution in [0.4, 0.5) is 0 Å². The number of methoxy groups -OCH3 is 1. The van der Waals surface area contributed by atoms with Crippen LogP contribution in [-0.4, -0.2) is 19.7 Å². The Kier molecular flexibility index (Phi) is 4.50. The van der Waals surface area contributed by atoms with Gasteiger partial charge in [-0.15, -0.1) is 0 Å². The Morgan fingerprint density at radius 2 is 1.60 bits per heavy atom. The summed E-state index contributed by atoms with van der Waals surface area (Å²) in [6.45, 7) is 0.283. The molecule has 4 nitrogen and oxygen atoms in total. The van der Waals surface area contributed by atoms with Gasteiger partial charge in [-0.2, -0.15) is 0 Å². The summed E-state index contributed by atoms with van der Waals surface area (Å²) in [6, 6.07) is 12.0. The van der Waals surface area contributed by atoms with Gasteiger partial charge in [0.2, 0.25) is 0 Å². The van der Waals surface area contributed by atoms with Crippen LogP contribution in [0.5, 0.6) is 11.5 Å². The van der Waals surface area contributed by atoms with Crippen LogP contribution in [0.25, 0.3) is 0 Å². The second kappa shape index (κ2) is 6.52. The highest BCUT2D eigenvalue weighted by Gasteiger charge is 2.05. The quantitative estimate of drug-likeness (QED) is 0.757. The lowest BCUT2D eigenvalue weighted by atomic mass is 10.1. The van der Waals surface area contributed by atoms with E-state index in [0.717, 1.165) is 18.1 Å². The van der Waals surface area contributed by atoms with Crippen LogP contribution in [0.2, 0.25) is 0 Å². The minimum Gasteiger partial charge on any atom is -0.496 e. The molecule has 0 amide bonds. The molecule has 2 rings (SSSR count). The van der Waals surface area contributed by atoms with Gasteiger partial charge in [-0.05, 0) is 42.5 Å². The van der Waals surface area contributed by atoms with Crippen molar-refractivity contribution in [1.82, 2.24) is 0 Å². The largest absolute Gasteiger partial charge is 0.496 e. The summed E-state index contributed by atoms with van der Waals surface area (Å²) in [4.78, 5) is 21.3. The molecule has 0 aliphatic heterocycles. The van der Waals surface area contributed by atoms with Crippen molar-refractivity contribution in [1.29, 1.82) is 0 Å². The molecule has 0 aromatic heterocycles. The van der Waals surface area contributed by atoms with Crippen LogP contribution < -0.4 is 9.47 Å². The monoisotopic (exact) mass is 270 g/mol. The molecule has 0 saturated heterocycles. The molecule has 0 atom stereocenters. The summed E-state index contributed by atoms with van der Waals surface area (Å²) in [5, 5.41) is 0. The standard InChI is InChI=1S/C16H14O4/c1-19-16-7-4-13(10-18)8-14(16)11-20-15-5-2-12(9-17)3-6-15/h2-10H,11H2,1H3. The molecule has 20 heavy (non-hydrogen) atoms. The molecule has 0 bridgehead atoms. The van der Waals surface area contributed by atoms with E-state index in [-0.39, 0.29) is 6.61 Å². The van der Waals surface area contributed by atoms with Gasteiger partial charge in [0.15, 0.2) is 0 Å². The minimum absolute atomic E-state index is 0.283. The normalized spacial score (nSPS) is 9.85. The molecule has 102 valence electrons. The van der Waals surface area contributed by atoms with Crippen LogP contribution in [0, 0.1) is 0 Å². The van der Waals surface area contributed by atoms with Crippen molar-refractivity contribution in [2.45, 2.75) is 6.61 Å². The van der Waals surface area contributed by atoms with Crippen molar-refractivity contribution in [3.05, 3.63) is 59.2 Å². The van der Waals surface area contributed by atoms with Gasteiger partial charge in [-0.1, -0.05) is 0 Å². The van der Waals surface area contributed by atoms with Gasteiger partial charge in [0, 0.05) is 16.7 Å². The van der Waals surface area contributed by atoms with Gasteiger partial charge in [0.25, 0.3) is 0 Å². The molecule has 0 aliphatic rings. The number of rotatable bonds is 6. The molecule has 0 saturated carbocycles. The van der Waals surface area contributed by atoms with Crippen molar-refractivity contribution in [3.8, 4) is 11.5 Å². The molecule has 0 heterocycles. The predicted molar refractivity (Wildman–Crippen MR) is 74.5 cm³/mol. The highest BCUT2D eigenvalue weighted by molar-refractivity contribution is 5.75. The van der Waals surface area contributed by atoms with E-state index in [1.807, 2.05) is 0 Å². The third-order valence-electron chi connectivity index (χ3n) is 2.85. The van der Waals surface area contributed by atoms with Gasteiger partial charge in [0.1, 0.15) is 30.7 Å². The topological polar surface area (TPSA) is 52.6 Å². The molecule has 0 unspecified atom stereocenters. The zero-order chi connectivity index (χ0) is 14.4. The lowest BCUT2D eigenvalue weighted by Crippen LogP contribution is -2.00. The van der Waals surface area contributed by atoms with Gasteiger partial charge >= 0.3 is 0 Å². The van der Waals surface area contributed by atoms with Crippen LogP contribution >= 0.6 is 0 Å². The number of hydrogen-bond donors (Lipinski definition) is 0. The average Bonchev–Trinajstić information content (AvgIpc) is 2.53. The van der Waals surface area contributed by atoms with E-state index in [0.29, 0.717) is 22.6 Å². The Balaban J connectivity index is 2.12. The number of benzene rings is 2. The highest BCUT2D eigenvalue weighted by atomic mass is 16.5. The summed E-state index contributed by atoms with van der Waals surface area (Å²) in [7, 11) is 1.57. The lowest BCUT2D eigenvalue weighted by Gasteiger charge is -2.11. The first kappa shape index (κ1) is 13.8. The Morgan fingerprint density at radius 3 is 2.20 bits per heavy atom. The Labute approximate surface area is 116 Å². The van der Waals surface area contributed by atoms with E-state index in [4.69, 9.17) is 9.47 Å². The van der Waals surface area contributed by atoms with Crippen LogP contribution in [0.3, 0.4) is 0 Å². The molecular formula is C16H14O4. The fourth-order valence-electron chi connectivity index (χ4n) is 1.79. The molecule has 0 fully saturated rings. The Morgan fingerprint density at radius 1 is 0.950 bits per heavy atom. The molecule has 4 heteroatoms. The van der Waals surface area contributed by atoms with Crippen LogP contribution in [0.1, 0.15) is 26.3 Å². The van der Waals surface area contributed by atoms with Gasteiger partial charge < -0.3 is 9.47 Å². The fourth-order valence-corrected chi connectivity index (χ4v) is 1.79. The second-order valence-corrected chi connectivity index (χ2v) is 4.16. The molecule has 2 aromatic rings. The van der Waals surface area contributed by atoms with E-state index in [9.17, 15) is 9.59 Å². The first-order chi connectivity index (χ1) is 9.76. The van der Waals surface area contributed by atoms with E-state index in [2.05, 4.69) is 0 Å². The second-order valence-electron chi connectivity index (χ2n) is 4.16. The zero-order valence-electron chi connectivity index (χ0n) is 11.0. The van der Waals surface area contributed by atoms with Gasteiger partial charge in [-0.25, -0.2) is 0 Å². The number of hydrogen-bond acceptors (Lipinski definition) is 4. The molecular weight excluding hydrogens is 256 g/mol. The number of carbonyl (C=O) groups is 2. The smallest absolute Gasteiger partial charge is 0.150 e. The lowest BCUT2D eigenvalue weighted by molar-refractivity contribution is 0.111. The van der Waals surface area contributed by atoms with Crippen molar-refractivity contribution in [2.24, 2.45) is 0 Å². The average molecular weight is 270 g/mol. The first-order valence-corrected chi connectivity index (χ1v) is 6.07. The molecule has 0 N–H and O–H groups in total. The summed E-state index contributed by atoms with van der Waals surface area (Å²) in [6.07, 6.45) is 1.56. The van der Waals surface area contributed by atoms with Gasteiger partial charge in [-0.3, -0.25) is 9.59 Å². The maximum Gasteiger partial charge on any atom is 0.150 e. The molecule has 2 aromatic carbocycles. The first-order valence-electron chi connectivity index (χ1n) is 6.07. The number of ether oxygens (including phenoxy) is 2. The van der Waals surface area contributed by atoms with E-state index < -0.39 is 0 Å². The maximum atomic E-state index is 10.8. The summed E-state index contributed by atoms with van der Waals surface area (Å²) < 4.78 is 10.8. The molecule has 0 radical (unpaired) electrons. The van der Waals surface area contributed by atoms with Crippen molar-refractivity contribution >= 4 is 12.6 Å². The highest BCUT2D eigenvalue weighted by Crippen LogP contribution is 2.21.